The van der Waals surface area contributed by atoms with Gasteiger partial charge < -0.3 is 35.2 Å². The number of hydrogen-bond donors (Lipinski definition) is 4. The Hall–Kier alpha value is -7.18. The molecule has 18 heteroatoms. The van der Waals surface area contributed by atoms with Crippen molar-refractivity contribution in [1.29, 1.82) is 0 Å². The number of methoxy groups -OCH3 is 1. The molecule has 7 heterocycles. The molecule has 3 aromatic carbocycles. The topological polar surface area (TPSA) is 191 Å². The molecule has 11 rings (SSSR count). The third-order valence-electron chi connectivity index (χ3n) is 15.1. The van der Waals surface area contributed by atoms with Crippen LogP contribution in [0, 0.1) is 17.2 Å². The molecule has 5 aromatic rings. The number of nitrogens with one attached hydrogen (secondary N) is 4. The van der Waals surface area contributed by atoms with Crippen molar-refractivity contribution >= 4 is 63.3 Å². The number of carbonyl (C=O) groups is 5. The molecule has 0 spiro atoms. The summed E-state index contributed by atoms with van der Waals surface area (Å²) >= 11 is 0. The molecule has 5 fully saturated rings. The van der Waals surface area contributed by atoms with E-state index in [0.717, 1.165) is 86.6 Å². The predicted octanol–water partition coefficient (Wildman–Crippen LogP) is 5.78. The standard InChI is InChI=1S/C52H55FN10O7/c1-69-45-24-39-41(54-17-12-44(39)70-38-8-6-35(7-9-38)58-51(68)52(15-16-52)50(67)57-34-4-2-33(53)3-5-34)25-43(45)60-19-13-31(14-20-60)27-62-30-36-23-37(62)29-61(36)21-18-55-46-22-32-28-63(49(66)40(32)26-56-46)42-10-11-47(64)59-48(42)65/h2-9,12,17,22,24-26,31,36-37,42H,10-11,13-16,18-21,23,27-30H2,1H3,(H,55,56)(H,57,67)(H,58,68)(H,59,64,65)/t36-,37-,42?/m1/s1. The third kappa shape index (κ3) is 8.96. The minimum Gasteiger partial charge on any atom is -0.495 e. The Balaban J connectivity index is 0.639. The Bertz CT molecular complexity index is 2870. The second-order valence-corrected chi connectivity index (χ2v) is 19.5. The van der Waals surface area contributed by atoms with Crippen molar-refractivity contribution in [2.24, 2.45) is 11.3 Å². The van der Waals surface area contributed by atoms with Crippen LogP contribution in [0.4, 0.5) is 27.3 Å². The number of amides is 5. The predicted molar refractivity (Wildman–Crippen MR) is 259 cm³/mol. The number of likely N-dealkylation sites (tertiary alicyclic amines) is 2. The number of aromatic nitrogens is 2. The van der Waals surface area contributed by atoms with E-state index in [0.29, 0.717) is 78.1 Å². The number of ether oxygens (including phenoxy) is 2. The zero-order chi connectivity index (χ0) is 48.1. The summed E-state index contributed by atoms with van der Waals surface area (Å²) < 4.78 is 25.7. The molecule has 5 amide bonds. The second kappa shape index (κ2) is 18.6. The number of pyridine rings is 2. The van der Waals surface area contributed by atoms with Crippen molar-refractivity contribution in [3.8, 4) is 17.2 Å². The smallest absolute Gasteiger partial charge is 0.256 e. The molecular weight excluding hydrogens is 896 g/mol. The summed E-state index contributed by atoms with van der Waals surface area (Å²) in [5.41, 5.74) is 2.95. The maximum absolute atomic E-state index is 13.3. The van der Waals surface area contributed by atoms with Gasteiger partial charge in [0.1, 0.15) is 40.3 Å². The summed E-state index contributed by atoms with van der Waals surface area (Å²) in [6, 6.07) is 20.7. The average molecular weight is 951 g/mol. The Morgan fingerprint density at radius 1 is 0.857 bits per heavy atom. The van der Waals surface area contributed by atoms with E-state index in [4.69, 9.17) is 14.5 Å². The number of fused-ring (bicyclic) bond motifs is 4. The minimum absolute atomic E-state index is 0.218. The van der Waals surface area contributed by atoms with Gasteiger partial charge in [0.05, 0.1) is 23.9 Å². The van der Waals surface area contributed by atoms with E-state index >= 15 is 0 Å². The first-order valence-electron chi connectivity index (χ1n) is 24.2. The van der Waals surface area contributed by atoms with Crippen molar-refractivity contribution in [3.05, 3.63) is 102 Å². The van der Waals surface area contributed by atoms with Crippen LogP contribution >= 0.6 is 0 Å². The molecule has 3 atom stereocenters. The van der Waals surface area contributed by atoms with Gasteiger partial charge in [0, 0.05) is 100 Å². The molecule has 2 aromatic heterocycles. The Labute approximate surface area is 404 Å². The van der Waals surface area contributed by atoms with Gasteiger partial charge in [0.15, 0.2) is 0 Å². The molecule has 1 aliphatic carbocycles. The number of halogens is 1. The SMILES string of the molecule is COc1cc2c(Oc3ccc(NC(=O)C4(C(=O)Nc5ccc(F)cc5)CC4)cc3)ccnc2cc1N1CCC(CN2C[C@H]3C[C@@H]2CN3CCNc2cc3c(cn2)C(=O)N(C2CCC(=O)NC2=O)C3)CC1. The van der Waals surface area contributed by atoms with Gasteiger partial charge in [-0.2, -0.15) is 0 Å². The summed E-state index contributed by atoms with van der Waals surface area (Å²) in [5.74, 6) is 1.12. The number of imide groups is 1. The highest BCUT2D eigenvalue weighted by Crippen LogP contribution is 2.48. The monoisotopic (exact) mass is 950 g/mol. The minimum atomic E-state index is -1.17. The van der Waals surface area contributed by atoms with E-state index in [1.165, 1.54) is 30.7 Å². The van der Waals surface area contributed by atoms with Gasteiger partial charge in [0.2, 0.25) is 23.6 Å². The number of anilines is 4. The van der Waals surface area contributed by atoms with Gasteiger partial charge in [-0.1, -0.05) is 0 Å². The number of benzene rings is 3. The lowest BCUT2D eigenvalue weighted by Gasteiger charge is -2.39. The average Bonchev–Trinajstić information content (AvgIpc) is 3.83. The highest BCUT2D eigenvalue weighted by molar-refractivity contribution is 6.17. The highest BCUT2D eigenvalue weighted by Gasteiger charge is 2.56. The lowest BCUT2D eigenvalue weighted by Crippen LogP contribution is -2.52. The summed E-state index contributed by atoms with van der Waals surface area (Å²) in [6.07, 6.45) is 8.11. The van der Waals surface area contributed by atoms with Crippen LogP contribution < -0.4 is 35.6 Å². The van der Waals surface area contributed by atoms with Gasteiger partial charge in [-0.05, 0) is 123 Å². The van der Waals surface area contributed by atoms with Gasteiger partial charge in [-0.15, -0.1) is 0 Å². The summed E-state index contributed by atoms with van der Waals surface area (Å²) in [6.45, 7) is 7.06. The quantitative estimate of drug-likeness (QED) is 0.0732. The van der Waals surface area contributed by atoms with E-state index < -0.39 is 29.1 Å². The summed E-state index contributed by atoms with van der Waals surface area (Å²) in [5, 5.41) is 12.2. The van der Waals surface area contributed by atoms with E-state index in [1.54, 1.807) is 48.7 Å². The van der Waals surface area contributed by atoms with E-state index in [1.807, 2.05) is 18.2 Å². The number of rotatable bonds is 15. The van der Waals surface area contributed by atoms with Gasteiger partial charge in [-0.3, -0.25) is 44.1 Å². The number of piperazine rings is 1. The second-order valence-electron chi connectivity index (χ2n) is 19.5. The molecule has 5 aliphatic heterocycles. The Morgan fingerprint density at radius 2 is 1.57 bits per heavy atom. The van der Waals surface area contributed by atoms with Crippen LogP contribution in [0.25, 0.3) is 10.9 Å². The van der Waals surface area contributed by atoms with Crippen molar-refractivity contribution in [1.82, 2.24) is 30.0 Å². The largest absolute Gasteiger partial charge is 0.495 e. The normalized spacial score (nSPS) is 22.0. The summed E-state index contributed by atoms with van der Waals surface area (Å²) in [7, 11) is 1.69. The fourth-order valence-electron chi connectivity index (χ4n) is 11.0. The van der Waals surface area contributed by atoms with E-state index in [-0.39, 0.29) is 24.1 Å². The van der Waals surface area contributed by atoms with Crippen molar-refractivity contribution < 1.29 is 37.8 Å². The highest BCUT2D eigenvalue weighted by atomic mass is 19.1. The van der Waals surface area contributed by atoms with E-state index in [9.17, 15) is 28.4 Å². The summed E-state index contributed by atoms with van der Waals surface area (Å²) in [4.78, 5) is 81.9. The molecule has 2 bridgehead atoms. The Kier molecular flexibility index (Phi) is 12.0. The number of nitrogens with zero attached hydrogens (tertiary/aromatic N) is 6. The van der Waals surface area contributed by atoms with Crippen LogP contribution in [-0.2, 0) is 25.7 Å². The fourth-order valence-corrected chi connectivity index (χ4v) is 11.0. The molecule has 0 radical (unpaired) electrons. The maximum Gasteiger partial charge on any atom is 0.256 e. The number of hydrogen-bond acceptors (Lipinski definition) is 13. The van der Waals surface area contributed by atoms with E-state index in [2.05, 4.69) is 47.0 Å². The van der Waals surface area contributed by atoms with Crippen LogP contribution in [0.15, 0.2) is 85.2 Å². The molecule has 4 saturated heterocycles. The van der Waals surface area contributed by atoms with Crippen LogP contribution in [0.3, 0.4) is 0 Å². The third-order valence-corrected chi connectivity index (χ3v) is 15.1. The first-order valence-corrected chi connectivity index (χ1v) is 24.2. The molecule has 1 unspecified atom stereocenters. The zero-order valence-electron chi connectivity index (χ0n) is 38.9. The lowest BCUT2D eigenvalue weighted by atomic mass is 9.95. The number of piperidine rings is 2. The molecule has 70 heavy (non-hydrogen) atoms. The van der Waals surface area contributed by atoms with Crippen LogP contribution in [-0.4, -0.2) is 125 Å². The van der Waals surface area contributed by atoms with Gasteiger partial charge >= 0.3 is 0 Å². The fraction of sp³-hybridized carbons (Fsp3) is 0.404. The first kappa shape index (κ1) is 45.3. The van der Waals surface area contributed by atoms with Crippen molar-refractivity contribution in [2.75, 3.05) is 73.8 Å². The lowest BCUT2D eigenvalue weighted by molar-refractivity contribution is -0.137. The van der Waals surface area contributed by atoms with Crippen LogP contribution in [0.2, 0.25) is 0 Å². The Morgan fingerprint density at radius 3 is 2.26 bits per heavy atom. The van der Waals surface area contributed by atoms with Crippen LogP contribution in [0.5, 0.6) is 17.2 Å². The van der Waals surface area contributed by atoms with Gasteiger partial charge in [0.25, 0.3) is 5.91 Å². The molecular formula is C52H55FN10O7. The molecule has 362 valence electrons. The first-order chi connectivity index (χ1) is 34.0. The maximum atomic E-state index is 13.3. The zero-order valence-corrected chi connectivity index (χ0v) is 38.9. The molecule has 17 nitrogen and oxygen atoms in total. The molecule has 4 N–H and O–H groups in total. The van der Waals surface area contributed by atoms with Crippen molar-refractivity contribution in [2.45, 2.75) is 69.6 Å². The molecule has 1 saturated carbocycles. The van der Waals surface area contributed by atoms with Gasteiger partial charge in [-0.25, -0.2) is 9.37 Å². The number of carbonyl (C=O) groups excluding carboxylic acids is 5. The van der Waals surface area contributed by atoms with Crippen molar-refractivity contribution in [3.63, 3.8) is 0 Å². The molecule has 6 aliphatic rings. The van der Waals surface area contributed by atoms with Crippen LogP contribution in [0.1, 0.15) is 60.9 Å².